The van der Waals surface area contributed by atoms with Crippen molar-refractivity contribution in [3.05, 3.63) is 29.3 Å². The third-order valence-corrected chi connectivity index (χ3v) is 10.2. The van der Waals surface area contributed by atoms with Gasteiger partial charge in [0.2, 0.25) is 0 Å². The van der Waals surface area contributed by atoms with E-state index in [-0.39, 0.29) is 41.2 Å². The summed E-state index contributed by atoms with van der Waals surface area (Å²) in [4.78, 5) is 0. The molecule has 3 fully saturated rings. The summed E-state index contributed by atoms with van der Waals surface area (Å²) in [6.07, 6.45) is 11.1. The molecule has 5 rings (SSSR count). The molecule has 0 amide bonds. The molecule has 1 aliphatic heterocycles. The Hall–Kier alpha value is -1.28. The lowest BCUT2D eigenvalue weighted by atomic mass is 9.45. The number of benzene rings is 1. The summed E-state index contributed by atoms with van der Waals surface area (Å²) in [5, 5.41) is 10.8. The van der Waals surface area contributed by atoms with Crippen LogP contribution in [0, 0.1) is 35.0 Å². The van der Waals surface area contributed by atoms with E-state index < -0.39 is 0 Å². The second kappa shape index (κ2) is 6.63. The normalized spacial score (nSPS) is 42.5. The van der Waals surface area contributed by atoms with Crippen molar-refractivity contribution in [2.24, 2.45) is 22.7 Å². The van der Waals surface area contributed by atoms with Crippen molar-refractivity contribution in [1.82, 2.24) is 0 Å². The fourth-order valence-electron chi connectivity index (χ4n) is 7.51. The third kappa shape index (κ3) is 2.79. The van der Waals surface area contributed by atoms with E-state index in [4.69, 9.17) is 15.7 Å². The topological polar surface area (TPSA) is 38.7 Å². The summed E-state index contributed by atoms with van der Waals surface area (Å²) in [5.74, 6) is 4.32. The summed E-state index contributed by atoms with van der Waals surface area (Å²) in [6, 6.07) is 6.81. The van der Waals surface area contributed by atoms with Gasteiger partial charge >= 0.3 is 7.12 Å². The van der Waals surface area contributed by atoms with E-state index in [2.05, 4.69) is 65.7 Å². The summed E-state index contributed by atoms with van der Waals surface area (Å²) < 4.78 is 12.6. The molecular formula is C27H37BO3. The SMILES string of the molecule is C#C[C@@H]1Cc2cc(B3OC(C)(C)C(C)(C)O3)ccc2[C@H]2CC[C@@]3(C)[C@@H](CC[C@@H]3O)[C@]12C. The second-order valence-electron chi connectivity index (χ2n) is 12.1. The Bertz CT molecular complexity index is 930. The zero-order valence-electron chi connectivity index (χ0n) is 20.0. The van der Waals surface area contributed by atoms with Gasteiger partial charge in [0.15, 0.2) is 0 Å². The number of rotatable bonds is 1. The van der Waals surface area contributed by atoms with Gasteiger partial charge in [-0.25, -0.2) is 0 Å². The largest absolute Gasteiger partial charge is 0.494 e. The Morgan fingerprint density at radius 2 is 1.71 bits per heavy atom. The Morgan fingerprint density at radius 3 is 2.35 bits per heavy atom. The number of terminal acetylenes is 1. The average Bonchev–Trinajstić information content (AvgIpc) is 3.12. The molecule has 6 atom stereocenters. The highest BCUT2D eigenvalue weighted by atomic mass is 16.7. The van der Waals surface area contributed by atoms with Gasteiger partial charge in [-0.1, -0.05) is 32.0 Å². The molecule has 1 heterocycles. The van der Waals surface area contributed by atoms with E-state index in [0.29, 0.717) is 11.8 Å². The van der Waals surface area contributed by atoms with Crippen LogP contribution in [0.1, 0.15) is 84.3 Å². The minimum absolute atomic E-state index is 0.000483. The number of hydrogen-bond acceptors (Lipinski definition) is 3. The standard InChI is InChI=1S/C27H37BO3/c1-8-18-15-17-16-19(28-30-24(2,3)25(4,5)31-28)9-10-20(17)21-13-14-26(6)22(27(18,21)7)11-12-23(26)29/h1,9-10,16,18,21-23,29H,11-15H2,2-7H3/t18-,21-,22-,23+,26+,27-/m1/s1. The van der Waals surface area contributed by atoms with Crippen molar-refractivity contribution in [2.45, 2.75) is 96.9 Å². The molecule has 1 aromatic rings. The van der Waals surface area contributed by atoms with Crippen LogP contribution in [0.3, 0.4) is 0 Å². The van der Waals surface area contributed by atoms with Crippen LogP contribution in [0.4, 0.5) is 0 Å². The summed E-state index contributed by atoms with van der Waals surface area (Å²) in [6.45, 7) is 13.1. The quantitative estimate of drug-likeness (QED) is 0.539. The molecule has 0 radical (unpaired) electrons. The van der Waals surface area contributed by atoms with Crippen molar-refractivity contribution in [2.75, 3.05) is 0 Å². The maximum absolute atomic E-state index is 10.8. The van der Waals surface area contributed by atoms with Crippen LogP contribution in [0.15, 0.2) is 18.2 Å². The molecule has 4 heteroatoms. The second-order valence-corrected chi connectivity index (χ2v) is 12.1. The predicted octanol–water partition coefficient (Wildman–Crippen LogP) is 4.45. The summed E-state index contributed by atoms with van der Waals surface area (Å²) in [7, 11) is -0.340. The van der Waals surface area contributed by atoms with E-state index in [1.165, 1.54) is 11.1 Å². The van der Waals surface area contributed by atoms with Gasteiger partial charge in [0.05, 0.1) is 17.3 Å². The van der Waals surface area contributed by atoms with Gasteiger partial charge < -0.3 is 14.4 Å². The molecule has 1 N–H and O–H groups in total. The van der Waals surface area contributed by atoms with Gasteiger partial charge in [-0.3, -0.25) is 0 Å². The van der Waals surface area contributed by atoms with E-state index in [1.807, 2.05) is 0 Å². The molecule has 0 unspecified atom stereocenters. The highest BCUT2D eigenvalue weighted by Gasteiger charge is 2.62. The highest BCUT2D eigenvalue weighted by Crippen LogP contribution is 2.68. The minimum atomic E-state index is -0.343. The van der Waals surface area contributed by atoms with E-state index in [0.717, 1.165) is 37.6 Å². The molecule has 1 saturated heterocycles. The molecule has 166 valence electrons. The lowest BCUT2D eigenvalue weighted by Crippen LogP contribution is -2.54. The van der Waals surface area contributed by atoms with Gasteiger partial charge in [0.25, 0.3) is 0 Å². The maximum Gasteiger partial charge on any atom is 0.494 e. The molecule has 0 aromatic heterocycles. The van der Waals surface area contributed by atoms with E-state index in [9.17, 15) is 5.11 Å². The fraction of sp³-hybridized carbons (Fsp3) is 0.704. The van der Waals surface area contributed by atoms with E-state index in [1.54, 1.807) is 0 Å². The predicted molar refractivity (Wildman–Crippen MR) is 125 cm³/mol. The highest BCUT2D eigenvalue weighted by molar-refractivity contribution is 6.62. The third-order valence-electron chi connectivity index (χ3n) is 10.2. The lowest BCUT2D eigenvalue weighted by molar-refractivity contribution is -0.0808. The first-order valence-corrected chi connectivity index (χ1v) is 12.1. The van der Waals surface area contributed by atoms with Gasteiger partial charge in [-0.15, -0.1) is 12.3 Å². The Labute approximate surface area is 188 Å². The Balaban J connectivity index is 1.53. The lowest BCUT2D eigenvalue weighted by Gasteiger charge is -2.59. The number of fused-ring (bicyclic) bond motifs is 5. The molecule has 0 spiro atoms. The monoisotopic (exact) mass is 420 g/mol. The van der Waals surface area contributed by atoms with Crippen LogP contribution in [0.5, 0.6) is 0 Å². The molecular weight excluding hydrogens is 383 g/mol. The van der Waals surface area contributed by atoms with Crippen LogP contribution in [-0.4, -0.2) is 29.5 Å². The zero-order valence-corrected chi connectivity index (χ0v) is 20.0. The molecule has 2 saturated carbocycles. The first-order chi connectivity index (χ1) is 14.4. The molecule has 31 heavy (non-hydrogen) atoms. The Kier molecular flexibility index (Phi) is 4.61. The summed E-state index contributed by atoms with van der Waals surface area (Å²) in [5.41, 5.74) is 3.26. The van der Waals surface area contributed by atoms with Crippen molar-refractivity contribution in [1.29, 1.82) is 0 Å². The number of aliphatic hydroxyl groups excluding tert-OH is 1. The van der Waals surface area contributed by atoms with Crippen LogP contribution in [0.25, 0.3) is 0 Å². The van der Waals surface area contributed by atoms with Gasteiger partial charge in [0.1, 0.15) is 0 Å². The molecule has 3 aliphatic carbocycles. The molecule has 4 aliphatic rings. The zero-order chi connectivity index (χ0) is 22.4. The molecule has 3 nitrogen and oxygen atoms in total. The number of hydrogen-bond donors (Lipinski definition) is 1. The van der Waals surface area contributed by atoms with Crippen molar-refractivity contribution in [3.63, 3.8) is 0 Å². The first-order valence-electron chi connectivity index (χ1n) is 12.1. The molecule has 0 bridgehead atoms. The van der Waals surface area contributed by atoms with Gasteiger partial charge in [0, 0.05) is 5.92 Å². The Morgan fingerprint density at radius 1 is 1.03 bits per heavy atom. The van der Waals surface area contributed by atoms with Crippen molar-refractivity contribution in [3.8, 4) is 12.3 Å². The van der Waals surface area contributed by atoms with Crippen LogP contribution in [-0.2, 0) is 15.7 Å². The van der Waals surface area contributed by atoms with Crippen molar-refractivity contribution < 1.29 is 14.4 Å². The number of aliphatic hydroxyl groups is 1. The van der Waals surface area contributed by atoms with Gasteiger partial charge in [-0.2, -0.15) is 0 Å². The van der Waals surface area contributed by atoms with Crippen molar-refractivity contribution >= 4 is 12.6 Å². The summed E-state index contributed by atoms with van der Waals surface area (Å²) >= 11 is 0. The minimum Gasteiger partial charge on any atom is -0.399 e. The van der Waals surface area contributed by atoms with E-state index >= 15 is 0 Å². The van der Waals surface area contributed by atoms with Gasteiger partial charge in [-0.05, 0) is 99.1 Å². The molecule has 1 aromatic carbocycles. The van der Waals surface area contributed by atoms with Crippen LogP contribution < -0.4 is 5.46 Å². The maximum atomic E-state index is 10.8. The van der Waals surface area contributed by atoms with Crippen LogP contribution in [0.2, 0.25) is 0 Å². The fourth-order valence-corrected chi connectivity index (χ4v) is 7.51. The van der Waals surface area contributed by atoms with Crippen LogP contribution >= 0.6 is 0 Å². The average molecular weight is 420 g/mol. The smallest absolute Gasteiger partial charge is 0.399 e. The first kappa shape index (κ1) is 21.6.